The first-order chi connectivity index (χ1) is 11.2. The third-order valence-electron chi connectivity index (χ3n) is 4.23. The molecule has 7 heteroatoms. The molecule has 0 fully saturated rings. The van der Waals surface area contributed by atoms with Crippen LogP contribution in [0.1, 0.15) is 30.9 Å². The second kappa shape index (κ2) is 5.69. The zero-order valence-corrected chi connectivity index (χ0v) is 14.1. The van der Waals surface area contributed by atoms with Crippen LogP contribution in [0, 0.1) is 0 Å². The number of carbonyl (C=O) groups excluding carboxylic acids is 1. The van der Waals surface area contributed by atoms with Gasteiger partial charge in [0.25, 0.3) is 0 Å². The molecule has 0 amide bonds. The summed E-state index contributed by atoms with van der Waals surface area (Å²) >= 11 is 7.90. The van der Waals surface area contributed by atoms with Crippen LogP contribution < -0.4 is 5.32 Å². The van der Waals surface area contributed by atoms with E-state index in [9.17, 15) is 4.79 Å². The van der Waals surface area contributed by atoms with E-state index in [1.165, 1.54) is 11.8 Å². The van der Waals surface area contributed by atoms with Crippen molar-refractivity contribution in [1.29, 1.82) is 0 Å². The fraction of sp³-hybridized carbons (Fsp3) is 0.312. The minimum Gasteiger partial charge on any atom is -0.328 e. The van der Waals surface area contributed by atoms with Gasteiger partial charge < -0.3 is 5.32 Å². The number of Topliss-reactive ketones (excluding diaryl/α,β-unsaturated/α-hetero) is 1. The smallest absolute Gasteiger partial charge is 0.227 e. The summed E-state index contributed by atoms with van der Waals surface area (Å²) in [7, 11) is 0. The molecule has 1 aromatic carbocycles. The Hall–Kier alpha value is -1.79. The van der Waals surface area contributed by atoms with Gasteiger partial charge in [-0.05, 0) is 25.2 Å². The zero-order chi connectivity index (χ0) is 16.0. The number of hydrogen-bond acceptors (Lipinski definition) is 5. The van der Waals surface area contributed by atoms with E-state index < -0.39 is 0 Å². The summed E-state index contributed by atoms with van der Waals surface area (Å²) in [4.78, 5) is 17.1. The molecule has 0 spiro atoms. The number of benzene rings is 1. The highest BCUT2D eigenvalue weighted by Crippen LogP contribution is 2.42. The van der Waals surface area contributed by atoms with Crippen molar-refractivity contribution in [2.45, 2.75) is 30.5 Å². The Morgan fingerprint density at radius 2 is 2.17 bits per heavy atom. The Morgan fingerprint density at radius 3 is 2.96 bits per heavy atom. The maximum Gasteiger partial charge on any atom is 0.227 e. The molecule has 118 valence electrons. The number of halogens is 1. The van der Waals surface area contributed by atoms with E-state index in [4.69, 9.17) is 11.6 Å². The largest absolute Gasteiger partial charge is 0.328 e. The Bertz CT molecular complexity index is 829. The number of rotatable bonds is 2. The summed E-state index contributed by atoms with van der Waals surface area (Å²) in [6, 6.07) is 7.31. The number of anilines is 1. The van der Waals surface area contributed by atoms with E-state index in [2.05, 4.69) is 15.4 Å². The van der Waals surface area contributed by atoms with Crippen molar-refractivity contribution < 1.29 is 4.79 Å². The molecular formula is C16H15ClN4OS. The quantitative estimate of drug-likeness (QED) is 0.840. The summed E-state index contributed by atoms with van der Waals surface area (Å²) in [5, 5.41) is 9.16. The third kappa shape index (κ3) is 2.37. The fourth-order valence-electron chi connectivity index (χ4n) is 3.21. The van der Waals surface area contributed by atoms with Crippen LogP contribution in [-0.4, -0.2) is 26.8 Å². The first-order valence-electron chi connectivity index (χ1n) is 7.47. The molecule has 1 aliphatic heterocycles. The normalized spacial score (nSPS) is 20.1. The number of fused-ring (bicyclic) bond motifs is 1. The van der Waals surface area contributed by atoms with Crippen molar-refractivity contribution in [1.82, 2.24) is 14.8 Å². The minimum atomic E-state index is -0.309. The summed E-state index contributed by atoms with van der Waals surface area (Å²) < 4.78 is 1.79. The molecule has 2 heterocycles. The lowest BCUT2D eigenvalue weighted by Crippen LogP contribution is -2.31. The van der Waals surface area contributed by atoms with Gasteiger partial charge >= 0.3 is 0 Å². The van der Waals surface area contributed by atoms with E-state index in [1.807, 2.05) is 30.5 Å². The van der Waals surface area contributed by atoms with Crippen molar-refractivity contribution in [3.05, 3.63) is 46.1 Å². The molecule has 2 aliphatic rings. The maximum atomic E-state index is 12.6. The van der Waals surface area contributed by atoms with E-state index in [1.54, 1.807) is 4.68 Å². The SMILES string of the molecule is CSc1nc2n(n1)C(c1ccccc1Cl)C1=C(CCCC1=O)N2. The molecule has 0 radical (unpaired) electrons. The highest BCUT2D eigenvalue weighted by Gasteiger charge is 2.37. The first-order valence-corrected chi connectivity index (χ1v) is 9.07. The number of hydrogen-bond donors (Lipinski definition) is 1. The topological polar surface area (TPSA) is 59.8 Å². The molecule has 1 N–H and O–H groups in total. The molecule has 1 aliphatic carbocycles. The summed E-state index contributed by atoms with van der Waals surface area (Å²) in [6.07, 6.45) is 4.22. The number of aromatic nitrogens is 3. The number of nitrogens with zero attached hydrogens (tertiary/aromatic N) is 3. The van der Waals surface area contributed by atoms with Gasteiger partial charge in [0, 0.05) is 28.3 Å². The van der Waals surface area contributed by atoms with Crippen LogP contribution in [-0.2, 0) is 4.79 Å². The Kier molecular flexibility index (Phi) is 3.66. The predicted octanol–water partition coefficient (Wildman–Crippen LogP) is 3.68. The van der Waals surface area contributed by atoms with Crippen LogP contribution in [0.25, 0.3) is 0 Å². The summed E-state index contributed by atoms with van der Waals surface area (Å²) in [5.41, 5.74) is 2.62. The van der Waals surface area contributed by atoms with E-state index in [0.29, 0.717) is 22.5 Å². The molecule has 2 aromatic rings. The number of allylic oxidation sites excluding steroid dienone is 2. The average molecular weight is 347 g/mol. The van der Waals surface area contributed by atoms with Crippen LogP contribution in [0.3, 0.4) is 0 Å². The maximum absolute atomic E-state index is 12.6. The average Bonchev–Trinajstić information content (AvgIpc) is 2.97. The van der Waals surface area contributed by atoms with E-state index in [0.717, 1.165) is 29.7 Å². The Morgan fingerprint density at radius 1 is 1.35 bits per heavy atom. The van der Waals surface area contributed by atoms with Gasteiger partial charge in [-0.25, -0.2) is 4.68 Å². The third-order valence-corrected chi connectivity index (χ3v) is 5.11. The predicted molar refractivity (Wildman–Crippen MR) is 90.9 cm³/mol. The molecule has 23 heavy (non-hydrogen) atoms. The van der Waals surface area contributed by atoms with Crippen molar-refractivity contribution in [3.63, 3.8) is 0 Å². The molecule has 0 bridgehead atoms. The lowest BCUT2D eigenvalue weighted by Gasteiger charge is -2.32. The van der Waals surface area contributed by atoms with Crippen molar-refractivity contribution in [2.75, 3.05) is 11.6 Å². The number of thioether (sulfide) groups is 1. The summed E-state index contributed by atoms with van der Waals surface area (Å²) in [6.45, 7) is 0. The molecule has 0 saturated heterocycles. The lowest BCUT2D eigenvalue weighted by atomic mass is 9.85. The number of nitrogens with one attached hydrogen (secondary N) is 1. The van der Waals surface area contributed by atoms with Gasteiger partial charge in [-0.3, -0.25) is 4.79 Å². The van der Waals surface area contributed by atoms with Crippen molar-refractivity contribution in [3.8, 4) is 0 Å². The number of carbonyl (C=O) groups is 1. The monoisotopic (exact) mass is 346 g/mol. The Labute approximate surface area is 143 Å². The van der Waals surface area contributed by atoms with Crippen LogP contribution >= 0.6 is 23.4 Å². The molecule has 1 atom stereocenters. The van der Waals surface area contributed by atoms with Crippen LogP contribution in [0.4, 0.5) is 5.95 Å². The summed E-state index contributed by atoms with van der Waals surface area (Å²) in [5.74, 6) is 0.836. The van der Waals surface area contributed by atoms with Gasteiger partial charge in [0.1, 0.15) is 6.04 Å². The fourth-order valence-corrected chi connectivity index (χ4v) is 3.79. The standard InChI is InChI=1S/C16H15ClN4OS/c1-23-16-19-15-18-11-7-4-8-12(22)13(11)14(21(15)20-16)9-5-2-3-6-10(9)17/h2-3,5-6,14H,4,7-8H2,1H3,(H,18,19,20). The van der Waals surface area contributed by atoms with Gasteiger partial charge in [-0.2, -0.15) is 4.98 Å². The molecular weight excluding hydrogens is 332 g/mol. The van der Waals surface area contributed by atoms with Gasteiger partial charge in [0.05, 0.1) is 0 Å². The molecule has 0 saturated carbocycles. The van der Waals surface area contributed by atoms with Crippen LogP contribution in [0.15, 0.2) is 40.7 Å². The van der Waals surface area contributed by atoms with Gasteiger partial charge in [0.2, 0.25) is 11.1 Å². The second-order valence-corrected chi connectivity index (χ2v) is 6.77. The molecule has 5 nitrogen and oxygen atoms in total. The second-order valence-electron chi connectivity index (χ2n) is 5.58. The van der Waals surface area contributed by atoms with Gasteiger partial charge in [-0.15, -0.1) is 5.10 Å². The Balaban J connectivity index is 1.95. The van der Waals surface area contributed by atoms with Crippen molar-refractivity contribution >= 4 is 35.1 Å². The molecule has 1 unspecified atom stereocenters. The first kappa shape index (κ1) is 14.8. The zero-order valence-electron chi connectivity index (χ0n) is 12.5. The van der Waals surface area contributed by atoms with Gasteiger partial charge in [-0.1, -0.05) is 41.6 Å². The molecule has 4 rings (SSSR count). The van der Waals surface area contributed by atoms with Gasteiger partial charge in [0.15, 0.2) is 5.78 Å². The number of ketones is 1. The van der Waals surface area contributed by atoms with E-state index >= 15 is 0 Å². The lowest BCUT2D eigenvalue weighted by molar-refractivity contribution is -0.116. The minimum absolute atomic E-state index is 0.163. The molecule has 1 aromatic heterocycles. The van der Waals surface area contributed by atoms with Crippen molar-refractivity contribution in [2.24, 2.45) is 0 Å². The van der Waals surface area contributed by atoms with Crippen LogP contribution in [0.2, 0.25) is 5.02 Å². The highest BCUT2D eigenvalue weighted by molar-refractivity contribution is 7.98. The highest BCUT2D eigenvalue weighted by atomic mass is 35.5. The van der Waals surface area contributed by atoms with Crippen LogP contribution in [0.5, 0.6) is 0 Å². The van der Waals surface area contributed by atoms with E-state index in [-0.39, 0.29) is 11.8 Å².